The summed E-state index contributed by atoms with van der Waals surface area (Å²) in [6.07, 6.45) is 20.8. The number of carbonyl (C=O) groups is 8. The van der Waals surface area contributed by atoms with Crippen molar-refractivity contribution in [1.82, 2.24) is 59.1 Å². The molecule has 0 aromatic carbocycles. The van der Waals surface area contributed by atoms with Crippen LogP contribution in [-0.4, -0.2) is 266 Å². The Morgan fingerprint density at radius 2 is 0.843 bits per heavy atom. The highest BCUT2D eigenvalue weighted by atomic mass is 16.6. The summed E-state index contributed by atoms with van der Waals surface area (Å²) >= 11 is 0. The van der Waals surface area contributed by atoms with E-state index in [1.165, 1.54) is 0 Å². The first-order chi connectivity index (χ1) is 49.0. The minimum Gasteiger partial charge on any atom is -0.490 e. The van der Waals surface area contributed by atoms with Crippen LogP contribution < -0.4 is 40.2 Å². The number of hydrogen-bond donors (Lipinski definition) is 4. The second-order valence-corrected chi connectivity index (χ2v) is 30.6. The first-order valence-electron chi connectivity index (χ1n) is 36.5. The molecule has 9 fully saturated rings. The number of ether oxygens (including phenoxy) is 5. The molecule has 29 heteroatoms. The molecule has 3 spiro atoms. The number of anilines is 4. The summed E-state index contributed by atoms with van der Waals surface area (Å²) in [6, 6.07) is 7.52. The van der Waals surface area contributed by atoms with Gasteiger partial charge in [-0.1, -0.05) is 13.8 Å². The summed E-state index contributed by atoms with van der Waals surface area (Å²) in [5, 5.41) is 13.7. The van der Waals surface area contributed by atoms with Gasteiger partial charge in [0.05, 0.1) is 79.4 Å². The van der Waals surface area contributed by atoms with Crippen LogP contribution in [-0.2, 0) is 19.1 Å². The van der Waals surface area contributed by atoms with Gasteiger partial charge in [-0.15, -0.1) is 0 Å². The second kappa shape index (κ2) is 28.4. The Balaban J connectivity index is 0.000000115. The fourth-order valence-corrected chi connectivity index (χ4v) is 15.2. The molecular weight excluding hydrogens is 1310 g/mol. The van der Waals surface area contributed by atoms with Crippen molar-refractivity contribution in [3.05, 3.63) is 71.3 Å². The number of aromatic nitrogens is 4. The predicted molar refractivity (Wildman–Crippen MR) is 375 cm³/mol. The first kappa shape index (κ1) is 69.6. The molecule has 6 saturated heterocycles. The molecule has 3 aliphatic carbocycles. The van der Waals surface area contributed by atoms with Gasteiger partial charge >= 0.3 is 6.09 Å². The van der Waals surface area contributed by atoms with Crippen LogP contribution in [0.5, 0.6) is 23.0 Å². The quantitative estimate of drug-likeness (QED) is 0.152. The zero-order valence-corrected chi connectivity index (χ0v) is 59.5. The molecule has 546 valence electrons. The van der Waals surface area contributed by atoms with Crippen LogP contribution in [0.15, 0.2) is 49.1 Å². The SMILES string of the molecule is CC(=O)N(C)[C@H]1CCN(C(=O)c2cnc3c(c2)OCC(C)(C)CN3)C1.CC(=O)N(C)[C@H]1CCN(C(=O)c2cnc3c(c2)OCCC2(CC2)N3)C1.O=C(c1cnc2c(c1)OCCC1(CC1)N2)N1CC[C@H](N2CCCC2=O)C1.O=C(c1cnc2c(c1)OCCC1(CC1)N2)N1CC[C@H](N2CCOC2=O)C1. The summed E-state index contributed by atoms with van der Waals surface area (Å²) in [5.41, 5.74) is 2.62. The van der Waals surface area contributed by atoms with Crippen molar-refractivity contribution in [2.75, 3.05) is 140 Å². The van der Waals surface area contributed by atoms with Crippen molar-refractivity contribution in [3.63, 3.8) is 0 Å². The number of rotatable bonds is 8. The lowest BCUT2D eigenvalue weighted by atomic mass is 9.95. The van der Waals surface area contributed by atoms with Gasteiger partial charge in [0.25, 0.3) is 23.6 Å². The van der Waals surface area contributed by atoms with Gasteiger partial charge in [-0.25, -0.2) is 24.7 Å². The van der Waals surface area contributed by atoms with Gasteiger partial charge in [0.1, 0.15) is 6.61 Å². The third kappa shape index (κ3) is 15.3. The fraction of sp³-hybridized carbons (Fsp3) is 0.616. The van der Waals surface area contributed by atoms with E-state index in [4.69, 9.17) is 23.7 Å². The molecule has 29 nitrogen and oxygen atoms in total. The molecule has 4 N–H and O–H groups in total. The minimum absolute atomic E-state index is 0.00429. The number of likely N-dealkylation sites (N-methyl/N-ethyl adjacent to an activating group) is 2. The normalized spacial score (nSPS) is 24.3. The standard InChI is InChI=1S/C19H24N4O3.C18H22N4O4.C18H24N4O3.C18H26N4O3/c24-16-2-1-7-23(16)14-3-8-22(12-14)18(25)13-10-15-17(20-11-13)21-19(4-5-19)6-9-26-15;23-16(21-5-1-13(11-21)22-6-8-26-17(22)24)12-9-14-15(19-10-12)20-18(2-3-18)4-7-25-14;1-12(23)21(2)14-3-7-22(11-14)17(24)13-9-15-16(19-10-13)20-18(4-5-18)6-8-25-15;1-12(23)21(4)14-5-6-22(9-14)17(24)13-7-15-16(19-8-13)20-10-18(2,3)11-25-15/h10-11,14H,1-9,12H2,(H,20,21);9-10,13H,1-8,11H2,(H,19,20);9-10,14H,3-8,11H2,1-2H3,(H,19,20);7-8,14H,5-6,9-11H2,1-4H3,(H,19,20)/t14-;13-;2*14-/m0000/s1. The average molecular weight is 1410 g/mol. The number of carbonyl (C=O) groups excluding carboxylic acids is 8. The van der Waals surface area contributed by atoms with Crippen LogP contribution in [0.1, 0.15) is 165 Å². The summed E-state index contributed by atoms with van der Waals surface area (Å²) in [7, 11) is 3.57. The number of nitrogens with zero attached hydrogens (tertiary/aromatic N) is 12. The lowest BCUT2D eigenvalue weighted by Crippen LogP contribution is -2.39. The van der Waals surface area contributed by atoms with Crippen LogP contribution in [0.2, 0.25) is 0 Å². The number of cyclic esters (lactones) is 1. The molecule has 0 bridgehead atoms. The van der Waals surface area contributed by atoms with Crippen molar-refractivity contribution >= 4 is 70.7 Å². The lowest BCUT2D eigenvalue weighted by Gasteiger charge is -2.24. The molecule has 3 saturated carbocycles. The molecule has 0 unspecified atom stereocenters. The van der Waals surface area contributed by atoms with Gasteiger partial charge in [-0.05, 0) is 94.9 Å². The van der Waals surface area contributed by atoms with Crippen LogP contribution in [0.3, 0.4) is 0 Å². The molecule has 13 aliphatic rings. The monoisotopic (exact) mass is 1400 g/mol. The van der Waals surface area contributed by atoms with Crippen LogP contribution in [0.25, 0.3) is 0 Å². The van der Waals surface area contributed by atoms with E-state index in [9.17, 15) is 38.4 Å². The Morgan fingerprint density at radius 1 is 0.461 bits per heavy atom. The maximum absolute atomic E-state index is 12.9. The van der Waals surface area contributed by atoms with Crippen molar-refractivity contribution in [1.29, 1.82) is 0 Å². The van der Waals surface area contributed by atoms with Crippen molar-refractivity contribution < 1.29 is 62.0 Å². The lowest BCUT2D eigenvalue weighted by molar-refractivity contribution is -0.130. The van der Waals surface area contributed by atoms with E-state index in [1.807, 2.05) is 15.9 Å². The van der Waals surface area contributed by atoms with Crippen LogP contribution in [0, 0.1) is 5.41 Å². The Labute approximate surface area is 594 Å². The maximum Gasteiger partial charge on any atom is 0.410 e. The molecule has 10 aliphatic heterocycles. The Bertz CT molecular complexity index is 3790. The predicted octanol–water partition coefficient (Wildman–Crippen LogP) is 6.23. The van der Waals surface area contributed by atoms with Crippen molar-refractivity contribution in [2.24, 2.45) is 5.41 Å². The Kier molecular flexibility index (Phi) is 19.4. The van der Waals surface area contributed by atoms with Gasteiger partial charge in [-0.3, -0.25) is 38.5 Å². The topological polar surface area (TPSA) is 308 Å². The van der Waals surface area contributed by atoms with Crippen molar-refractivity contribution in [3.8, 4) is 23.0 Å². The van der Waals surface area contributed by atoms with Crippen LogP contribution in [0.4, 0.5) is 28.1 Å². The van der Waals surface area contributed by atoms with Gasteiger partial charge in [-0.2, -0.15) is 0 Å². The van der Waals surface area contributed by atoms with E-state index < -0.39 is 0 Å². The van der Waals surface area contributed by atoms with Gasteiger partial charge in [0.2, 0.25) is 17.7 Å². The molecular formula is C73H96N16O13. The number of amides is 8. The van der Waals surface area contributed by atoms with E-state index in [0.717, 1.165) is 120 Å². The fourth-order valence-electron chi connectivity index (χ4n) is 15.2. The molecule has 14 heterocycles. The Morgan fingerprint density at radius 3 is 1.22 bits per heavy atom. The summed E-state index contributed by atoms with van der Waals surface area (Å²) in [4.78, 5) is 130. The third-order valence-corrected chi connectivity index (χ3v) is 22.7. The van der Waals surface area contributed by atoms with E-state index >= 15 is 0 Å². The molecule has 8 amide bonds. The molecule has 17 rings (SSSR count). The summed E-state index contributed by atoms with van der Waals surface area (Å²) in [6.45, 7) is 17.4. The zero-order valence-electron chi connectivity index (χ0n) is 59.5. The van der Waals surface area contributed by atoms with Gasteiger partial charge in [0, 0.05) is 166 Å². The van der Waals surface area contributed by atoms with E-state index in [0.29, 0.717) is 149 Å². The first-order valence-corrected chi connectivity index (χ1v) is 36.5. The number of pyridine rings is 4. The molecule has 4 aromatic rings. The van der Waals surface area contributed by atoms with Gasteiger partial charge < -0.3 is 79.3 Å². The third-order valence-electron chi connectivity index (χ3n) is 22.7. The van der Waals surface area contributed by atoms with Gasteiger partial charge in [0.15, 0.2) is 46.3 Å². The molecule has 4 aromatic heterocycles. The van der Waals surface area contributed by atoms with E-state index in [1.54, 1.807) is 100 Å². The average Bonchev–Trinajstić information content (AvgIpc) is 1.64. The number of likely N-dealkylation sites (tertiary alicyclic amines) is 5. The largest absolute Gasteiger partial charge is 0.490 e. The number of fused-ring (bicyclic) bond motifs is 4. The highest BCUT2D eigenvalue weighted by molar-refractivity contribution is 5.97. The highest BCUT2D eigenvalue weighted by Gasteiger charge is 2.48. The number of nitrogens with one attached hydrogen (secondary N) is 4. The smallest absolute Gasteiger partial charge is 0.410 e. The summed E-state index contributed by atoms with van der Waals surface area (Å²) in [5.74, 6) is 5.56. The van der Waals surface area contributed by atoms with E-state index in [2.05, 4.69) is 55.1 Å². The molecule has 0 radical (unpaired) electrons. The van der Waals surface area contributed by atoms with Crippen molar-refractivity contribution in [2.45, 2.75) is 165 Å². The number of hydrogen-bond acceptors (Lipinski definition) is 21. The van der Waals surface area contributed by atoms with E-state index in [-0.39, 0.29) is 93.6 Å². The van der Waals surface area contributed by atoms with Crippen LogP contribution >= 0.6 is 0 Å². The second-order valence-electron chi connectivity index (χ2n) is 30.6. The minimum atomic E-state index is -0.274. The molecule has 4 atom stereocenters. The Hall–Kier alpha value is -9.44. The zero-order chi connectivity index (χ0) is 71.2. The maximum atomic E-state index is 12.9. The summed E-state index contributed by atoms with van der Waals surface area (Å²) < 4.78 is 28.4. The highest BCUT2D eigenvalue weighted by Crippen LogP contribution is 2.48. The molecule has 102 heavy (non-hydrogen) atoms.